The van der Waals surface area contributed by atoms with Gasteiger partial charge in [-0.1, -0.05) is 78.9 Å². The average molecular weight is 430 g/mol. The van der Waals surface area contributed by atoms with Gasteiger partial charge in [0.25, 0.3) is 0 Å². The number of carbonyl (C=O) groups excluding carboxylic acids is 2. The van der Waals surface area contributed by atoms with Crippen molar-refractivity contribution in [2.24, 2.45) is 5.41 Å². The number of hydrogen-bond acceptors (Lipinski definition) is 5. The first-order chi connectivity index (χ1) is 15.4. The number of rotatable bonds is 6. The minimum Gasteiger partial charge on any atom is -0.469 e. The van der Waals surface area contributed by atoms with Gasteiger partial charge < -0.3 is 9.47 Å². The number of hydrogen-bond donors (Lipinski definition) is 1. The maximum atomic E-state index is 13.1. The van der Waals surface area contributed by atoms with Gasteiger partial charge in [-0.3, -0.25) is 14.9 Å². The molecule has 0 amide bonds. The first-order valence-corrected chi connectivity index (χ1v) is 10.6. The largest absolute Gasteiger partial charge is 0.469 e. The van der Waals surface area contributed by atoms with E-state index in [9.17, 15) is 9.59 Å². The van der Waals surface area contributed by atoms with Crippen LogP contribution in [-0.2, 0) is 24.6 Å². The van der Waals surface area contributed by atoms with Gasteiger partial charge in [-0.2, -0.15) is 0 Å². The van der Waals surface area contributed by atoms with Crippen LogP contribution in [-0.4, -0.2) is 32.2 Å². The van der Waals surface area contributed by atoms with E-state index in [0.717, 1.165) is 27.8 Å². The Bertz CT molecular complexity index is 1110. The van der Waals surface area contributed by atoms with Gasteiger partial charge in [0.05, 0.1) is 25.2 Å². The molecule has 0 aliphatic heterocycles. The Balaban J connectivity index is 2.02. The molecule has 0 heterocycles. The topological polar surface area (TPSA) is 64.6 Å². The van der Waals surface area contributed by atoms with Crippen LogP contribution < -0.4 is 5.32 Å². The summed E-state index contributed by atoms with van der Waals surface area (Å²) in [5, 5.41) is 3.59. The summed E-state index contributed by atoms with van der Waals surface area (Å²) in [6, 6.07) is 25.3. The van der Waals surface area contributed by atoms with Crippen LogP contribution in [0.25, 0.3) is 11.1 Å². The molecule has 5 heteroatoms. The van der Waals surface area contributed by atoms with Crippen molar-refractivity contribution in [3.8, 4) is 11.1 Å². The predicted octanol–water partition coefficient (Wildman–Crippen LogP) is 4.29. The fourth-order valence-electron chi connectivity index (χ4n) is 4.72. The summed E-state index contributed by atoms with van der Waals surface area (Å²) in [6.45, 7) is 3.39. The first-order valence-electron chi connectivity index (χ1n) is 10.6. The standard InChI is InChI=1S/C27H27NO4/c1-26(2,25(30)32-4)23(24(29)31-3)28-27(18-12-6-5-7-13-18)21-16-10-8-14-19(21)20-15-9-11-17-22(20)27/h5-17,23,28H,1-4H3/t23-/m1/s1. The fraction of sp³-hybridized carbons (Fsp3) is 0.259. The SMILES string of the molecule is COC(=O)[C@@H](NC1(c2ccccc2)c2ccccc2-c2ccccc21)C(C)(C)C(=O)OC. The normalized spacial score (nSPS) is 14.8. The minimum atomic E-state index is -1.18. The van der Waals surface area contributed by atoms with E-state index in [4.69, 9.17) is 9.47 Å². The Morgan fingerprint density at radius 2 is 1.28 bits per heavy atom. The lowest BCUT2D eigenvalue weighted by atomic mass is 9.76. The molecule has 1 aliphatic carbocycles. The summed E-state index contributed by atoms with van der Waals surface area (Å²) >= 11 is 0. The van der Waals surface area contributed by atoms with Crippen molar-refractivity contribution in [2.75, 3.05) is 14.2 Å². The molecule has 3 aromatic carbocycles. The van der Waals surface area contributed by atoms with Gasteiger partial charge in [-0.05, 0) is 41.7 Å². The van der Waals surface area contributed by atoms with Crippen molar-refractivity contribution in [3.63, 3.8) is 0 Å². The molecule has 1 aliphatic rings. The van der Waals surface area contributed by atoms with Crippen LogP contribution in [0, 0.1) is 5.41 Å². The number of methoxy groups -OCH3 is 2. The van der Waals surface area contributed by atoms with Crippen LogP contribution in [0.2, 0.25) is 0 Å². The van der Waals surface area contributed by atoms with Crippen LogP contribution in [0.15, 0.2) is 78.9 Å². The number of nitrogens with one attached hydrogen (secondary N) is 1. The van der Waals surface area contributed by atoms with E-state index < -0.39 is 28.9 Å². The molecule has 32 heavy (non-hydrogen) atoms. The molecule has 5 nitrogen and oxygen atoms in total. The van der Waals surface area contributed by atoms with Crippen molar-refractivity contribution < 1.29 is 19.1 Å². The molecule has 1 N–H and O–H groups in total. The van der Waals surface area contributed by atoms with Crippen molar-refractivity contribution in [2.45, 2.75) is 25.4 Å². The van der Waals surface area contributed by atoms with Gasteiger partial charge in [0, 0.05) is 0 Å². The second-order valence-corrected chi connectivity index (χ2v) is 8.52. The van der Waals surface area contributed by atoms with E-state index in [1.807, 2.05) is 54.6 Å². The lowest BCUT2D eigenvalue weighted by Gasteiger charge is -2.41. The highest BCUT2D eigenvalue weighted by Gasteiger charge is 2.52. The molecule has 0 aromatic heterocycles. The molecular formula is C27H27NO4. The second kappa shape index (κ2) is 8.24. The Morgan fingerprint density at radius 3 is 1.78 bits per heavy atom. The summed E-state index contributed by atoms with van der Waals surface area (Å²) in [4.78, 5) is 25.8. The van der Waals surface area contributed by atoms with E-state index in [1.165, 1.54) is 14.2 Å². The molecule has 4 rings (SSSR count). The van der Waals surface area contributed by atoms with Crippen molar-refractivity contribution in [1.82, 2.24) is 5.32 Å². The number of fused-ring (bicyclic) bond motifs is 3. The van der Waals surface area contributed by atoms with Crippen molar-refractivity contribution in [3.05, 3.63) is 95.6 Å². The number of ether oxygens (including phenoxy) is 2. The molecule has 0 radical (unpaired) electrons. The molecule has 3 aromatic rings. The molecule has 0 fully saturated rings. The quantitative estimate of drug-likeness (QED) is 0.592. The third kappa shape index (κ3) is 3.21. The zero-order chi connectivity index (χ0) is 22.9. The van der Waals surface area contributed by atoms with Gasteiger partial charge in [-0.25, -0.2) is 0 Å². The number of carbonyl (C=O) groups is 2. The monoisotopic (exact) mass is 429 g/mol. The molecule has 0 saturated carbocycles. The zero-order valence-electron chi connectivity index (χ0n) is 18.7. The van der Waals surface area contributed by atoms with Gasteiger partial charge in [0.1, 0.15) is 6.04 Å². The summed E-state index contributed by atoms with van der Waals surface area (Å²) in [6.07, 6.45) is 0. The highest BCUT2D eigenvalue weighted by Crippen LogP contribution is 2.51. The van der Waals surface area contributed by atoms with E-state index in [0.29, 0.717) is 0 Å². The second-order valence-electron chi connectivity index (χ2n) is 8.52. The van der Waals surface area contributed by atoms with Crippen molar-refractivity contribution in [1.29, 1.82) is 0 Å². The van der Waals surface area contributed by atoms with Crippen LogP contribution in [0.3, 0.4) is 0 Å². The van der Waals surface area contributed by atoms with Crippen LogP contribution >= 0.6 is 0 Å². The van der Waals surface area contributed by atoms with E-state index in [-0.39, 0.29) is 0 Å². The van der Waals surface area contributed by atoms with Gasteiger partial charge in [0.15, 0.2) is 0 Å². The lowest BCUT2D eigenvalue weighted by Crippen LogP contribution is -2.59. The van der Waals surface area contributed by atoms with Gasteiger partial charge >= 0.3 is 11.9 Å². The summed E-state index contributed by atoms with van der Waals surface area (Å²) in [5.41, 5.74) is 3.11. The molecule has 0 unspecified atom stereocenters. The molecule has 0 spiro atoms. The highest BCUT2D eigenvalue weighted by molar-refractivity contribution is 5.89. The Hall–Kier alpha value is -3.44. The Labute approximate surface area is 188 Å². The molecular weight excluding hydrogens is 402 g/mol. The molecule has 0 bridgehead atoms. The number of benzene rings is 3. The third-order valence-electron chi connectivity index (χ3n) is 6.39. The lowest BCUT2D eigenvalue weighted by molar-refractivity contribution is -0.161. The predicted molar refractivity (Wildman–Crippen MR) is 123 cm³/mol. The maximum Gasteiger partial charge on any atom is 0.324 e. The fourth-order valence-corrected chi connectivity index (χ4v) is 4.72. The van der Waals surface area contributed by atoms with Crippen molar-refractivity contribution >= 4 is 11.9 Å². The summed E-state index contributed by atoms with van der Waals surface area (Å²) < 4.78 is 10.2. The highest BCUT2D eigenvalue weighted by atomic mass is 16.5. The Kier molecular flexibility index (Phi) is 5.61. The maximum absolute atomic E-state index is 13.1. The third-order valence-corrected chi connectivity index (χ3v) is 6.39. The van der Waals surface area contributed by atoms with E-state index in [1.54, 1.807) is 13.8 Å². The van der Waals surface area contributed by atoms with E-state index >= 15 is 0 Å². The van der Waals surface area contributed by atoms with Crippen LogP contribution in [0.4, 0.5) is 0 Å². The van der Waals surface area contributed by atoms with Gasteiger partial charge in [-0.15, -0.1) is 0 Å². The Morgan fingerprint density at radius 1 is 0.781 bits per heavy atom. The molecule has 164 valence electrons. The minimum absolute atomic E-state index is 0.497. The van der Waals surface area contributed by atoms with Crippen LogP contribution in [0.5, 0.6) is 0 Å². The molecule has 1 atom stereocenters. The van der Waals surface area contributed by atoms with Gasteiger partial charge in [0.2, 0.25) is 0 Å². The summed E-state index contributed by atoms with van der Waals surface area (Å²) in [7, 11) is 2.65. The molecule has 0 saturated heterocycles. The van der Waals surface area contributed by atoms with Crippen LogP contribution in [0.1, 0.15) is 30.5 Å². The number of esters is 2. The van der Waals surface area contributed by atoms with E-state index in [2.05, 4.69) is 29.6 Å². The average Bonchev–Trinajstić information content (AvgIpc) is 3.12. The first kappa shape index (κ1) is 21.8. The summed E-state index contributed by atoms with van der Waals surface area (Å²) in [5.74, 6) is -1.03. The zero-order valence-corrected chi connectivity index (χ0v) is 18.7. The smallest absolute Gasteiger partial charge is 0.324 e.